The third-order valence-electron chi connectivity index (χ3n) is 14.8. The summed E-state index contributed by atoms with van der Waals surface area (Å²) in [5.74, 6) is 6.40. The number of carbonyl (C=O) groups is 1. The van der Waals surface area contributed by atoms with Crippen LogP contribution in [0, 0.1) is 69.0 Å². The van der Waals surface area contributed by atoms with E-state index in [4.69, 9.17) is 11.2 Å². The number of fused-ring (bicyclic) bond motifs is 7. The molecule has 0 radical (unpaired) electrons. The molecule has 44 heavy (non-hydrogen) atoms. The fourth-order valence-electron chi connectivity index (χ4n) is 12.6. The van der Waals surface area contributed by atoms with Gasteiger partial charge in [-0.1, -0.05) is 70.9 Å². The molecule has 6 rings (SSSR count). The lowest BCUT2D eigenvalue weighted by atomic mass is 9.32. The number of hydrogen-bond donors (Lipinski definition) is 0. The first-order valence-electron chi connectivity index (χ1n) is 17.6. The minimum atomic E-state index is -0.495. The van der Waals surface area contributed by atoms with Crippen molar-refractivity contribution in [3.8, 4) is 12.3 Å². The van der Waals surface area contributed by atoms with Crippen LogP contribution in [0.5, 0.6) is 0 Å². The Morgan fingerprint density at radius 1 is 0.909 bits per heavy atom. The number of rotatable bonds is 3. The molecule has 2 heteroatoms. The third kappa shape index (κ3) is 4.37. The Bertz CT molecular complexity index is 1410. The molecule has 4 fully saturated rings. The molecule has 0 aromatic heterocycles. The minimum absolute atomic E-state index is 0.0568. The topological polar surface area (TPSA) is 26.3 Å². The summed E-state index contributed by atoms with van der Waals surface area (Å²) in [6.45, 7) is 25.6. The normalized spacial score (nSPS) is 42.5. The van der Waals surface area contributed by atoms with Gasteiger partial charge in [0.25, 0.3) is 0 Å². The summed E-state index contributed by atoms with van der Waals surface area (Å²) in [5.41, 5.74) is 5.25. The fraction of sp³-hybridized carbons (Fsp3) is 0.690. The first-order chi connectivity index (χ1) is 20.4. The highest BCUT2D eigenvalue weighted by Crippen LogP contribution is 2.77. The van der Waals surface area contributed by atoms with E-state index in [9.17, 15) is 4.79 Å². The van der Waals surface area contributed by atoms with Crippen LogP contribution in [0.25, 0.3) is 5.57 Å². The Kier molecular flexibility index (Phi) is 7.29. The zero-order valence-corrected chi connectivity index (χ0v) is 29.2. The number of ether oxygens (including phenoxy) is 1. The fourth-order valence-corrected chi connectivity index (χ4v) is 12.6. The first kappa shape index (κ1) is 31.7. The number of benzene rings is 1. The highest BCUT2D eigenvalue weighted by atomic mass is 16.6. The Balaban J connectivity index is 1.31. The van der Waals surface area contributed by atoms with E-state index in [2.05, 4.69) is 72.3 Å². The molecular formula is C42H58O2. The number of allylic oxidation sites excluding steroid dienone is 3. The molecule has 1 aromatic rings. The molecule has 0 aliphatic heterocycles. The molecule has 5 aliphatic rings. The summed E-state index contributed by atoms with van der Waals surface area (Å²) in [7, 11) is 0. The van der Waals surface area contributed by atoms with Gasteiger partial charge in [-0.05, 0) is 160 Å². The monoisotopic (exact) mass is 594 g/mol. The van der Waals surface area contributed by atoms with E-state index in [0.29, 0.717) is 46.0 Å². The molecule has 4 unspecified atom stereocenters. The van der Waals surface area contributed by atoms with Crippen molar-refractivity contribution >= 4 is 11.5 Å². The average molecular weight is 595 g/mol. The molecule has 0 bridgehead atoms. The summed E-state index contributed by atoms with van der Waals surface area (Å²) in [6, 6.07) is 8.20. The van der Waals surface area contributed by atoms with Crippen LogP contribution in [0.2, 0.25) is 0 Å². The predicted octanol–water partition coefficient (Wildman–Crippen LogP) is 10.9. The Labute approximate surface area is 268 Å². The average Bonchev–Trinajstić information content (AvgIpc) is 3.33. The van der Waals surface area contributed by atoms with Crippen molar-refractivity contribution in [3.63, 3.8) is 0 Å². The molecular weight excluding hydrogens is 536 g/mol. The zero-order chi connectivity index (χ0) is 32.1. The number of terminal acetylenes is 1. The lowest BCUT2D eigenvalue weighted by molar-refractivity contribution is -0.220. The van der Waals surface area contributed by atoms with Crippen LogP contribution in [0.1, 0.15) is 136 Å². The van der Waals surface area contributed by atoms with E-state index < -0.39 is 5.60 Å². The molecule has 5 aliphatic carbocycles. The summed E-state index contributed by atoms with van der Waals surface area (Å²) in [6.07, 6.45) is 20.3. The molecule has 0 amide bonds. The van der Waals surface area contributed by atoms with E-state index in [1.165, 1.54) is 68.1 Å². The van der Waals surface area contributed by atoms with E-state index in [0.717, 1.165) is 6.42 Å². The molecule has 1 aromatic carbocycles. The van der Waals surface area contributed by atoms with Crippen LogP contribution in [0.3, 0.4) is 0 Å². The van der Waals surface area contributed by atoms with Crippen molar-refractivity contribution in [3.05, 3.63) is 53.6 Å². The molecule has 238 valence electrons. The van der Waals surface area contributed by atoms with Gasteiger partial charge in [0.05, 0.1) is 5.56 Å². The highest BCUT2D eigenvalue weighted by molar-refractivity contribution is 5.90. The lowest BCUT2D eigenvalue weighted by Gasteiger charge is -2.72. The summed E-state index contributed by atoms with van der Waals surface area (Å²) >= 11 is 0. The minimum Gasteiger partial charge on any atom is -0.456 e. The third-order valence-corrected chi connectivity index (χ3v) is 14.8. The van der Waals surface area contributed by atoms with E-state index in [1.54, 1.807) is 0 Å². The summed E-state index contributed by atoms with van der Waals surface area (Å²) in [4.78, 5) is 12.7. The standard InChI is InChI=1S/C42H58O2/c1-12-42-24-19-30(27(2)3)35(42)32-17-18-34-39(9)22-20-31(28-13-15-29(16-14-28)36(43)44-37(4,5)6)38(7,8)33(39)21-23-41(34,11)40(32,10)25-26-42/h1,13-16,20,30,32-35H,2,17-19,21-26H2,3-11H3/t30-,32+,33?,34?,35?,39?,40+,41+,42+/m0/s1. The van der Waals surface area contributed by atoms with Crippen molar-refractivity contribution in [1.82, 2.24) is 0 Å². The van der Waals surface area contributed by atoms with Gasteiger partial charge >= 0.3 is 5.97 Å². The van der Waals surface area contributed by atoms with Crippen LogP contribution in [0.15, 0.2) is 42.5 Å². The Morgan fingerprint density at radius 2 is 1.59 bits per heavy atom. The van der Waals surface area contributed by atoms with Gasteiger partial charge in [-0.3, -0.25) is 0 Å². The van der Waals surface area contributed by atoms with Gasteiger partial charge in [-0.15, -0.1) is 6.42 Å². The van der Waals surface area contributed by atoms with Crippen LogP contribution < -0.4 is 0 Å². The first-order valence-corrected chi connectivity index (χ1v) is 17.6. The molecule has 9 atom stereocenters. The maximum atomic E-state index is 12.7. The zero-order valence-electron chi connectivity index (χ0n) is 29.2. The van der Waals surface area contributed by atoms with Crippen LogP contribution >= 0.6 is 0 Å². The van der Waals surface area contributed by atoms with Crippen molar-refractivity contribution in [2.24, 2.45) is 56.7 Å². The van der Waals surface area contributed by atoms with E-state index in [-0.39, 0.29) is 22.2 Å². The number of hydrogen-bond acceptors (Lipinski definition) is 2. The second kappa shape index (κ2) is 10.1. The van der Waals surface area contributed by atoms with Gasteiger partial charge in [-0.25, -0.2) is 4.79 Å². The van der Waals surface area contributed by atoms with Gasteiger partial charge < -0.3 is 4.74 Å². The Hall–Kier alpha value is -2.27. The number of esters is 1. The SMILES string of the molecule is C#C[C@]12CC[C@@H](C(=C)C)C1[C@H]1CCC3C4(C)CC=C(c5ccc(C(=O)OC(C)(C)C)cc5)C(C)(C)C4CC[C@@]3(C)[C@]1(C)CC2. The van der Waals surface area contributed by atoms with Crippen molar-refractivity contribution in [2.75, 3.05) is 0 Å². The van der Waals surface area contributed by atoms with Crippen molar-refractivity contribution in [1.29, 1.82) is 0 Å². The molecule has 0 heterocycles. The molecule has 0 saturated heterocycles. The quantitative estimate of drug-likeness (QED) is 0.198. The molecule has 0 N–H and O–H groups in total. The number of carbonyl (C=O) groups excluding carboxylic acids is 1. The predicted molar refractivity (Wildman–Crippen MR) is 183 cm³/mol. The molecule has 4 saturated carbocycles. The van der Waals surface area contributed by atoms with Crippen LogP contribution in [-0.4, -0.2) is 11.6 Å². The van der Waals surface area contributed by atoms with Gasteiger partial charge in [0.15, 0.2) is 0 Å². The highest BCUT2D eigenvalue weighted by Gasteiger charge is 2.70. The summed E-state index contributed by atoms with van der Waals surface area (Å²) in [5, 5.41) is 0. The van der Waals surface area contributed by atoms with Crippen molar-refractivity contribution in [2.45, 2.75) is 126 Å². The second-order valence-electron chi connectivity index (χ2n) is 18.1. The van der Waals surface area contributed by atoms with Crippen LogP contribution in [0.4, 0.5) is 0 Å². The maximum Gasteiger partial charge on any atom is 0.338 e. The van der Waals surface area contributed by atoms with Crippen molar-refractivity contribution < 1.29 is 9.53 Å². The van der Waals surface area contributed by atoms with Gasteiger partial charge in [-0.2, -0.15) is 0 Å². The maximum absolute atomic E-state index is 12.7. The van der Waals surface area contributed by atoms with Gasteiger partial charge in [0, 0.05) is 5.41 Å². The largest absolute Gasteiger partial charge is 0.456 e. The molecule has 2 nitrogen and oxygen atoms in total. The Morgan fingerprint density at radius 3 is 2.20 bits per heavy atom. The molecule has 0 spiro atoms. The van der Waals surface area contributed by atoms with Crippen LogP contribution in [-0.2, 0) is 4.74 Å². The van der Waals surface area contributed by atoms with Gasteiger partial charge in [0.2, 0.25) is 0 Å². The summed E-state index contributed by atoms with van der Waals surface area (Å²) < 4.78 is 5.62. The second-order valence-corrected chi connectivity index (χ2v) is 18.1. The smallest absolute Gasteiger partial charge is 0.338 e. The van der Waals surface area contributed by atoms with E-state index >= 15 is 0 Å². The van der Waals surface area contributed by atoms with Gasteiger partial charge in [0.1, 0.15) is 5.60 Å². The van der Waals surface area contributed by atoms with E-state index in [1.807, 2.05) is 32.9 Å². The lowest BCUT2D eigenvalue weighted by Crippen LogP contribution is -2.65.